The number of hydrogen-bond donors (Lipinski definition) is 1. The van der Waals surface area contributed by atoms with Crippen molar-refractivity contribution >= 4 is 34.2 Å². The highest BCUT2D eigenvalue weighted by atomic mass is 35.5. The fraction of sp³-hybridized carbons (Fsp3) is 0.200. The largest absolute Gasteiger partial charge is 0.404 e. The summed E-state index contributed by atoms with van der Waals surface area (Å²) in [4.78, 5) is 8.33. The molecule has 2 rings (SSSR count). The first-order valence-electron chi connectivity index (χ1n) is 6.21. The van der Waals surface area contributed by atoms with Crippen LogP contribution >= 0.6 is 11.6 Å². The monoisotopic (exact) mass is 289 g/mol. The summed E-state index contributed by atoms with van der Waals surface area (Å²) in [5.41, 5.74) is 7.52. The van der Waals surface area contributed by atoms with E-state index in [1.54, 1.807) is 25.7 Å². The van der Waals surface area contributed by atoms with E-state index < -0.39 is 0 Å². The number of fused-ring (bicyclic) bond motifs is 1. The molecule has 5 heteroatoms. The van der Waals surface area contributed by atoms with Gasteiger partial charge in [0, 0.05) is 36.7 Å². The van der Waals surface area contributed by atoms with Crippen molar-refractivity contribution in [2.75, 3.05) is 20.3 Å². The molecule has 20 heavy (non-hydrogen) atoms. The van der Waals surface area contributed by atoms with Gasteiger partial charge >= 0.3 is 0 Å². The van der Waals surface area contributed by atoms with Crippen molar-refractivity contribution in [1.29, 1.82) is 0 Å². The Morgan fingerprint density at radius 2 is 2.25 bits per heavy atom. The average molecular weight is 290 g/mol. The van der Waals surface area contributed by atoms with Crippen molar-refractivity contribution in [3.8, 4) is 0 Å². The summed E-state index contributed by atoms with van der Waals surface area (Å²) in [7, 11) is 1.65. The maximum Gasteiger partial charge on any atom is 0.129 e. The second-order valence-corrected chi connectivity index (χ2v) is 4.61. The fourth-order valence-corrected chi connectivity index (χ4v) is 1.98. The molecule has 2 N–H and O–H groups in total. The first-order valence-corrected chi connectivity index (χ1v) is 6.58. The van der Waals surface area contributed by atoms with Gasteiger partial charge in [0.25, 0.3) is 0 Å². The normalized spacial score (nSPS) is 12.4. The number of pyridine rings is 1. The lowest BCUT2D eigenvalue weighted by molar-refractivity contribution is 0.208. The summed E-state index contributed by atoms with van der Waals surface area (Å²) in [6, 6.07) is 7.82. The maximum absolute atomic E-state index is 5.91. The van der Waals surface area contributed by atoms with Crippen molar-refractivity contribution in [2.24, 2.45) is 10.7 Å². The second-order valence-electron chi connectivity index (χ2n) is 4.22. The molecule has 0 aliphatic rings. The van der Waals surface area contributed by atoms with Crippen LogP contribution in [0.5, 0.6) is 0 Å². The number of ether oxygens (including phenoxy) is 1. The van der Waals surface area contributed by atoms with E-state index in [4.69, 9.17) is 22.1 Å². The van der Waals surface area contributed by atoms with E-state index in [0.29, 0.717) is 18.3 Å². The van der Waals surface area contributed by atoms with Crippen LogP contribution in [0.25, 0.3) is 16.3 Å². The fourth-order valence-electron chi connectivity index (χ4n) is 1.81. The van der Waals surface area contributed by atoms with Crippen molar-refractivity contribution < 1.29 is 4.74 Å². The Morgan fingerprint density at radius 1 is 1.40 bits per heavy atom. The molecule has 0 unspecified atom stereocenters. The Balaban J connectivity index is 2.28. The van der Waals surface area contributed by atoms with Crippen LogP contribution in [-0.2, 0) is 4.74 Å². The third-order valence-electron chi connectivity index (χ3n) is 2.86. The van der Waals surface area contributed by atoms with Crippen LogP contribution in [0.4, 0.5) is 0 Å². The van der Waals surface area contributed by atoms with Crippen LogP contribution in [-0.4, -0.2) is 31.5 Å². The topological polar surface area (TPSA) is 60.5 Å². The van der Waals surface area contributed by atoms with Crippen molar-refractivity contribution in [3.63, 3.8) is 0 Å². The number of allylic oxidation sites excluding steroid dienone is 1. The predicted octanol–water partition coefficient (Wildman–Crippen LogP) is 2.91. The second kappa shape index (κ2) is 7.03. The molecule has 0 saturated heterocycles. The lowest BCUT2D eigenvalue weighted by Crippen LogP contribution is -1.96. The highest BCUT2D eigenvalue weighted by Gasteiger charge is 2.02. The van der Waals surface area contributed by atoms with Gasteiger partial charge in [0.2, 0.25) is 0 Å². The summed E-state index contributed by atoms with van der Waals surface area (Å²) in [6.45, 7) is 1.20. The molecule has 0 aliphatic carbocycles. The Kier molecular flexibility index (Phi) is 5.09. The predicted molar refractivity (Wildman–Crippen MR) is 84.2 cm³/mol. The maximum atomic E-state index is 5.91. The lowest BCUT2D eigenvalue weighted by Gasteiger charge is -2.04. The van der Waals surface area contributed by atoms with Crippen LogP contribution in [0.3, 0.4) is 0 Å². The molecule has 0 radical (unpaired) electrons. The Labute approximate surface area is 122 Å². The van der Waals surface area contributed by atoms with Gasteiger partial charge in [0.1, 0.15) is 5.15 Å². The van der Waals surface area contributed by atoms with Gasteiger partial charge in [-0.2, -0.15) is 0 Å². The molecular formula is C15H16ClN3O. The van der Waals surface area contributed by atoms with Gasteiger partial charge in [-0.05, 0) is 23.1 Å². The molecule has 0 aliphatic heterocycles. The Hall–Kier alpha value is -1.91. The molecule has 0 bridgehead atoms. The third kappa shape index (κ3) is 3.56. The first-order chi connectivity index (χ1) is 9.74. The number of nitrogens with zero attached hydrogens (tertiary/aromatic N) is 2. The third-order valence-corrected chi connectivity index (χ3v) is 3.06. The molecule has 0 fully saturated rings. The number of aromatic nitrogens is 1. The number of benzene rings is 1. The minimum atomic E-state index is 0.474. The first kappa shape index (κ1) is 14.5. The number of halogens is 1. The van der Waals surface area contributed by atoms with Gasteiger partial charge in [-0.25, -0.2) is 4.98 Å². The van der Waals surface area contributed by atoms with Gasteiger partial charge in [-0.3, -0.25) is 4.99 Å². The molecule has 1 aromatic carbocycles. The standard InChI is InChI=1S/C15H16ClN3O/c1-20-5-4-18-9-14(8-17)11-2-3-12-10-19-15(16)7-13(12)6-11/h2-3,6-10H,4-5,17H2,1H3. The van der Waals surface area contributed by atoms with E-state index in [9.17, 15) is 0 Å². The van der Waals surface area contributed by atoms with Crippen molar-refractivity contribution in [2.45, 2.75) is 0 Å². The Bertz CT molecular complexity index is 653. The lowest BCUT2D eigenvalue weighted by atomic mass is 10.0. The molecule has 0 amide bonds. The number of aliphatic imine (C=N–C) groups is 1. The zero-order chi connectivity index (χ0) is 14.4. The minimum Gasteiger partial charge on any atom is -0.404 e. The minimum absolute atomic E-state index is 0.474. The summed E-state index contributed by atoms with van der Waals surface area (Å²) < 4.78 is 4.95. The van der Waals surface area contributed by atoms with E-state index >= 15 is 0 Å². The number of rotatable bonds is 5. The Morgan fingerprint density at radius 3 is 3.00 bits per heavy atom. The van der Waals surface area contributed by atoms with Crippen LogP contribution in [0.15, 0.2) is 41.7 Å². The van der Waals surface area contributed by atoms with Crippen LogP contribution in [0, 0.1) is 0 Å². The van der Waals surface area contributed by atoms with Crippen molar-refractivity contribution in [3.05, 3.63) is 47.4 Å². The van der Waals surface area contributed by atoms with Gasteiger partial charge < -0.3 is 10.5 Å². The highest BCUT2D eigenvalue weighted by Crippen LogP contribution is 2.21. The van der Waals surface area contributed by atoms with E-state index in [-0.39, 0.29) is 0 Å². The molecule has 1 aromatic heterocycles. The zero-order valence-corrected chi connectivity index (χ0v) is 12.0. The van der Waals surface area contributed by atoms with Crippen LogP contribution < -0.4 is 5.73 Å². The molecule has 2 aromatic rings. The number of nitrogens with two attached hydrogens (primary N) is 1. The summed E-state index contributed by atoms with van der Waals surface area (Å²) in [6.07, 6.45) is 5.04. The molecule has 0 atom stereocenters. The van der Waals surface area contributed by atoms with E-state index in [1.165, 1.54) is 0 Å². The van der Waals surface area contributed by atoms with E-state index in [1.807, 2.05) is 24.3 Å². The smallest absolute Gasteiger partial charge is 0.129 e. The molecule has 0 spiro atoms. The summed E-state index contributed by atoms with van der Waals surface area (Å²) in [5.74, 6) is 0. The van der Waals surface area contributed by atoms with Gasteiger partial charge in [0.15, 0.2) is 0 Å². The zero-order valence-electron chi connectivity index (χ0n) is 11.2. The van der Waals surface area contributed by atoms with Gasteiger partial charge in [-0.1, -0.05) is 23.7 Å². The number of hydrogen-bond acceptors (Lipinski definition) is 4. The molecule has 1 heterocycles. The van der Waals surface area contributed by atoms with E-state index in [2.05, 4.69) is 9.98 Å². The average Bonchev–Trinajstić information content (AvgIpc) is 2.46. The van der Waals surface area contributed by atoms with Gasteiger partial charge in [-0.15, -0.1) is 0 Å². The van der Waals surface area contributed by atoms with Crippen LogP contribution in [0.2, 0.25) is 5.15 Å². The quantitative estimate of drug-likeness (QED) is 0.523. The molecule has 104 valence electrons. The van der Waals surface area contributed by atoms with Crippen molar-refractivity contribution in [1.82, 2.24) is 4.98 Å². The summed E-state index contributed by atoms with van der Waals surface area (Å²) in [5, 5.41) is 2.53. The SMILES string of the molecule is COCCN=CC(=CN)c1ccc2cnc(Cl)cc2c1. The van der Waals surface area contributed by atoms with E-state index in [0.717, 1.165) is 21.9 Å². The van der Waals surface area contributed by atoms with Crippen LogP contribution in [0.1, 0.15) is 5.56 Å². The molecule has 0 saturated carbocycles. The number of methoxy groups -OCH3 is 1. The molecular weight excluding hydrogens is 274 g/mol. The molecule has 4 nitrogen and oxygen atoms in total. The highest BCUT2D eigenvalue weighted by molar-refractivity contribution is 6.30. The van der Waals surface area contributed by atoms with Gasteiger partial charge in [0.05, 0.1) is 13.2 Å². The summed E-state index contributed by atoms with van der Waals surface area (Å²) >= 11 is 5.91.